The lowest BCUT2D eigenvalue weighted by molar-refractivity contribution is -0.121. The van der Waals surface area contributed by atoms with Crippen molar-refractivity contribution in [3.05, 3.63) is 71.1 Å². The van der Waals surface area contributed by atoms with Crippen molar-refractivity contribution in [3.63, 3.8) is 0 Å². The SMILES string of the molecule is CCCCCCN(C(=O)COC(=O)c1ccc(C#N)cc1)c1nc(-c2ccccc2)cs1. The smallest absolute Gasteiger partial charge is 0.338 e. The number of ether oxygens (including phenoxy) is 1. The van der Waals surface area contributed by atoms with Crippen molar-refractivity contribution in [2.24, 2.45) is 0 Å². The first-order chi connectivity index (χ1) is 15.6. The summed E-state index contributed by atoms with van der Waals surface area (Å²) < 4.78 is 5.25. The van der Waals surface area contributed by atoms with Gasteiger partial charge in [0.15, 0.2) is 11.7 Å². The first-order valence-corrected chi connectivity index (χ1v) is 11.5. The number of nitrogens with zero attached hydrogens (tertiary/aromatic N) is 3. The van der Waals surface area contributed by atoms with Gasteiger partial charge in [0.25, 0.3) is 5.91 Å². The maximum absolute atomic E-state index is 13.0. The zero-order valence-corrected chi connectivity index (χ0v) is 18.8. The minimum Gasteiger partial charge on any atom is -0.452 e. The van der Waals surface area contributed by atoms with E-state index in [9.17, 15) is 9.59 Å². The van der Waals surface area contributed by atoms with Gasteiger partial charge in [0.1, 0.15) is 0 Å². The molecule has 6 nitrogen and oxygen atoms in total. The van der Waals surface area contributed by atoms with Gasteiger partial charge in [-0.15, -0.1) is 11.3 Å². The molecule has 32 heavy (non-hydrogen) atoms. The highest BCUT2D eigenvalue weighted by Crippen LogP contribution is 2.28. The topological polar surface area (TPSA) is 83.3 Å². The molecular weight excluding hydrogens is 422 g/mol. The van der Waals surface area contributed by atoms with Crippen LogP contribution in [0.2, 0.25) is 0 Å². The molecule has 0 bridgehead atoms. The van der Waals surface area contributed by atoms with E-state index in [-0.39, 0.29) is 12.5 Å². The molecule has 0 spiro atoms. The van der Waals surface area contributed by atoms with Crippen LogP contribution in [0.1, 0.15) is 48.5 Å². The zero-order chi connectivity index (χ0) is 22.8. The monoisotopic (exact) mass is 447 g/mol. The van der Waals surface area contributed by atoms with Crippen LogP contribution in [0.25, 0.3) is 11.3 Å². The van der Waals surface area contributed by atoms with E-state index in [1.54, 1.807) is 17.0 Å². The number of carbonyl (C=O) groups is 2. The second-order valence-corrected chi connectivity index (χ2v) is 8.09. The largest absolute Gasteiger partial charge is 0.452 e. The predicted octanol–water partition coefficient (Wildman–Crippen LogP) is 5.45. The lowest BCUT2D eigenvalue weighted by Gasteiger charge is -2.20. The number of esters is 1. The Balaban J connectivity index is 1.68. The highest BCUT2D eigenvalue weighted by molar-refractivity contribution is 7.14. The number of aromatic nitrogens is 1. The summed E-state index contributed by atoms with van der Waals surface area (Å²) in [4.78, 5) is 31.5. The summed E-state index contributed by atoms with van der Waals surface area (Å²) in [6.45, 7) is 2.29. The summed E-state index contributed by atoms with van der Waals surface area (Å²) in [5.41, 5.74) is 2.55. The van der Waals surface area contributed by atoms with Gasteiger partial charge < -0.3 is 4.74 Å². The summed E-state index contributed by atoms with van der Waals surface area (Å²) >= 11 is 1.40. The van der Waals surface area contributed by atoms with E-state index >= 15 is 0 Å². The van der Waals surface area contributed by atoms with E-state index in [2.05, 4.69) is 11.9 Å². The van der Waals surface area contributed by atoms with E-state index in [1.165, 1.54) is 23.5 Å². The number of hydrogen-bond acceptors (Lipinski definition) is 6. The van der Waals surface area contributed by atoms with Gasteiger partial charge in [-0.25, -0.2) is 9.78 Å². The van der Waals surface area contributed by atoms with Crippen molar-refractivity contribution < 1.29 is 14.3 Å². The van der Waals surface area contributed by atoms with E-state index in [4.69, 9.17) is 10.00 Å². The molecule has 0 fully saturated rings. The number of rotatable bonds is 10. The van der Waals surface area contributed by atoms with Crippen LogP contribution in [-0.2, 0) is 9.53 Å². The van der Waals surface area contributed by atoms with Crippen LogP contribution < -0.4 is 4.90 Å². The summed E-state index contributed by atoms with van der Waals surface area (Å²) in [7, 11) is 0. The van der Waals surface area contributed by atoms with Crippen molar-refractivity contribution in [2.75, 3.05) is 18.1 Å². The molecule has 1 aromatic heterocycles. The number of nitriles is 1. The van der Waals surface area contributed by atoms with E-state index < -0.39 is 5.97 Å². The second kappa shape index (κ2) is 11.8. The number of thiazole rings is 1. The zero-order valence-electron chi connectivity index (χ0n) is 18.0. The van der Waals surface area contributed by atoms with Crippen LogP contribution in [0.15, 0.2) is 60.0 Å². The predicted molar refractivity (Wildman–Crippen MR) is 125 cm³/mol. The van der Waals surface area contributed by atoms with Crippen molar-refractivity contribution in [3.8, 4) is 17.3 Å². The van der Waals surface area contributed by atoms with Crippen LogP contribution in [0, 0.1) is 11.3 Å². The van der Waals surface area contributed by atoms with Crippen LogP contribution in [0.3, 0.4) is 0 Å². The molecule has 0 saturated heterocycles. The third-order valence-electron chi connectivity index (χ3n) is 4.91. The van der Waals surface area contributed by atoms with Gasteiger partial charge in [-0.1, -0.05) is 56.5 Å². The van der Waals surface area contributed by atoms with Crippen molar-refractivity contribution in [1.82, 2.24) is 4.98 Å². The number of benzene rings is 2. The second-order valence-electron chi connectivity index (χ2n) is 7.25. The van der Waals surface area contributed by atoms with Gasteiger partial charge in [0.05, 0.1) is 22.9 Å². The number of hydrogen-bond donors (Lipinski definition) is 0. The maximum Gasteiger partial charge on any atom is 0.338 e. The first-order valence-electron chi connectivity index (χ1n) is 10.6. The molecule has 0 N–H and O–H groups in total. The molecular formula is C25H25N3O3S. The van der Waals surface area contributed by atoms with Crippen LogP contribution in [0.4, 0.5) is 5.13 Å². The summed E-state index contributed by atoms with van der Waals surface area (Å²) in [6.07, 6.45) is 4.07. The lowest BCUT2D eigenvalue weighted by Crippen LogP contribution is -2.35. The molecule has 0 radical (unpaired) electrons. The van der Waals surface area contributed by atoms with E-state index in [0.29, 0.717) is 22.8 Å². The third-order valence-corrected chi connectivity index (χ3v) is 5.77. The molecule has 0 unspecified atom stereocenters. The average molecular weight is 448 g/mol. The standard InChI is InChI=1S/C25H25N3O3S/c1-2-3-4-8-15-28(25-27-22(18-32-25)20-9-6-5-7-10-20)23(29)17-31-24(30)21-13-11-19(16-26)12-14-21/h5-7,9-14,18H,2-4,8,15,17H2,1H3. The molecule has 3 rings (SSSR count). The highest BCUT2D eigenvalue weighted by atomic mass is 32.1. The fraction of sp³-hybridized carbons (Fsp3) is 0.280. The number of carbonyl (C=O) groups excluding carboxylic acids is 2. The minimum atomic E-state index is -0.599. The Kier molecular flexibility index (Phi) is 8.52. The molecule has 1 amide bonds. The Bertz CT molecular complexity index is 1070. The Morgan fingerprint density at radius 2 is 1.81 bits per heavy atom. The molecule has 0 aliphatic carbocycles. The molecule has 3 aromatic rings. The van der Waals surface area contributed by atoms with Crippen molar-refractivity contribution >= 4 is 28.3 Å². The van der Waals surface area contributed by atoms with Crippen LogP contribution >= 0.6 is 11.3 Å². The summed E-state index contributed by atoms with van der Waals surface area (Å²) in [5, 5.41) is 11.4. The molecule has 0 saturated carbocycles. The Morgan fingerprint density at radius 3 is 2.50 bits per heavy atom. The fourth-order valence-corrected chi connectivity index (χ4v) is 4.00. The Labute approximate surface area is 192 Å². The normalized spacial score (nSPS) is 10.4. The average Bonchev–Trinajstić information content (AvgIpc) is 3.33. The molecule has 7 heteroatoms. The van der Waals surface area contributed by atoms with Gasteiger partial charge in [0, 0.05) is 17.5 Å². The van der Waals surface area contributed by atoms with Crippen LogP contribution in [0.5, 0.6) is 0 Å². The molecule has 0 aliphatic rings. The first kappa shape index (κ1) is 23.2. The van der Waals surface area contributed by atoms with E-state index in [0.717, 1.165) is 36.9 Å². The van der Waals surface area contributed by atoms with Crippen molar-refractivity contribution in [1.29, 1.82) is 5.26 Å². The quantitative estimate of drug-likeness (QED) is 0.305. The third kappa shape index (κ3) is 6.25. The number of unbranched alkanes of at least 4 members (excludes halogenated alkanes) is 3. The van der Waals surface area contributed by atoms with Gasteiger partial charge in [0.2, 0.25) is 0 Å². The molecule has 0 aliphatic heterocycles. The van der Waals surface area contributed by atoms with E-state index in [1.807, 2.05) is 41.8 Å². The molecule has 0 atom stereocenters. The lowest BCUT2D eigenvalue weighted by atomic mass is 10.1. The molecule has 1 heterocycles. The fourth-order valence-electron chi connectivity index (χ4n) is 3.12. The van der Waals surface area contributed by atoms with Crippen molar-refractivity contribution in [2.45, 2.75) is 32.6 Å². The maximum atomic E-state index is 13.0. The Hall–Kier alpha value is -3.50. The number of amides is 1. The van der Waals surface area contributed by atoms with Gasteiger partial charge in [-0.05, 0) is 30.7 Å². The van der Waals surface area contributed by atoms with Gasteiger partial charge in [-0.3, -0.25) is 9.69 Å². The molecule has 2 aromatic carbocycles. The number of anilines is 1. The van der Waals surface area contributed by atoms with Crippen LogP contribution in [-0.4, -0.2) is 30.0 Å². The minimum absolute atomic E-state index is 0.298. The summed E-state index contributed by atoms with van der Waals surface area (Å²) in [5.74, 6) is -0.907. The van der Waals surface area contributed by atoms with Gasteiger partial charge >= 0.3 is 5.97 Å². The summed E-state index contributed by atoms with van der Waals surface area (Å²) in [6, 6.07) is 17.9. The Morgan fingerprint density at radius 1 is 1.06 bits per heavy atom. The van der Waals surface area contributed by atoms with Gasteiger partial charge in [-0.2, -0.15) is 5.26 Å². The highest BCUT2D eigenvalue weighted by Gasteiger charge is 2.21. The molecule has 164 valence electrons.